The Morgan fingerprint density at radius 1 is 1.00 bits per heavy atom. The monoisotopic (exact) mass is 311 g/mol. The predicted octanol–water partition coefficient (Wildman–Crippen LogP) is 3.31. The van der Waals surface area contributed by atoms with Gasteiger partial charge in [-0.05, 0) is 30.7 Å². The second-order valence-corrected chi connectivity index (χ2v) is 4.98. The van der Waals surface area contributed by atoms with Crippen LogP contribution in [-0.2, 0) is 0 Å². The number of rotatable bonds is 4. The Bertz CT molecular complexity index is 821. The van der Waals surface area contributed by atoms with Crippen molar-refractivity contribution in [3.05, 3.63) is 42.0 Å². The summed E-state index contributed by atoms with van der Waals surface area (Å²) in [7, 11) is 3.16. The van der Waals surface area contributed by atoms with Crippen molar-refractivity contribution in [1.82, 2.24) is 10.1 Å². The van der Waals surface area contributed by atoms with Gasteiger partial charge in [0.1, 0.15) is 17.1 Å². The number of hydrogen-bond acceptors (Lipinski definition) is 6. The third-order valence-electron chi connectivity index (χ3n) is 3.68. The van der Waals surface area contributed by atoms with Gasteiger partial charge in [-0.1, -0.05) is 23.4 Å². The second kappa shape index (κ2) is 6.00. The van der Waals surface area contributed by atoms with Crippen molar-refractivity contribution in [3.8, 4) is 34.3 Å². The molecule has 2 N–H and O–H groups in total. The highest BCUT2D eigenvalue weighted by Gasteiger charge is 2.20. The highest BCUT2D eigenvalue weighted by molar-refractivity contribution is 5.73. The van der Waals surface area contributed by atoms with Crippen LogP contribution in [0.5, 0.6) is 11.5 Å². The number of ether oxygens (including phenoxy) is 2. The van der Waals surface area contributed by atoms with E-state index >= 15 is 0 Å². The van der Waals surface area contributed by atoms with Crippen molar-refractivity contribution in [2.75, 3.05) is 20.0 Å². The Kier molecular flexibility index (Phi) is 3.89. The zero-order valence-corrected chi connectivity index (χ0v) is 13.2. The van der Waals surface area contributed by atoms with E-state index in [1.165, 1.54) is 0 Å². The number of hydrogen-bond donors (Lipinski definition) is 1. The van der Waals surface area contributed by atoms with Gasteiger partial charge in [0.15, 0.2) is 0 Å². The highest BCUT2D eigenvalue weighted by Crippen LogP contribution is 2.38. The van der Waals surface area contributed by atoms with Gasteiger partial charge in [0.2, 0.25) is 5.82 Å². The van der Waals surface area contributed by atoms with Crippen LogP contribution in [0.15, 0.2) is 40.9 Å². The maximum atomic E-state index is 5.94. The van der Waals surface area contributed by atoms with Gasteiger partial charge in [0.25, 0.3) is 5.89 Å². The maximum Gasteiger partial charge on any atom is 0.265 e. The Hall–Kier alpha value is -3.02. The minimum atomic E-state index is 0.330. The Balaban J connectivity index is 2.12. The molecule has 0 spiro atoms. The fourth-order valence-electron chi connectivity index (χ4n) is 2.39. The van der Waals surface area contributed by atoms with Crippen molar-refractivity contribution in [2.24, 2.45) is 0 Å². The minimum Gasteiger partial charge on any atom is -0.496 e. The Morgan fingerprint density at radius 2 is 1.65 bits per heavy atom. The smallest absolute Gasteiger partial charge is 0.265 e. The first-order valence-electron chi connectivity index (χ1n) is 7.06. The van der Waals surface area contributed by atoms with Crippen molar-refractivity contribution in [2.45, 2.75) is 6.92 Å². The summed E-state index contributed by atoms with van der Waals surface area (Å²) in [5.41, 5.74) is 8.98. The summed E-state index contributed by atoms with van der Waals surface area (Å²) in [5, 5.41) is 4.06. The molecule has 23 heavy (non-hydrogen) atoms. The topological polar surface area (TPSA) is 83.4 Å². The molecule has 6 heteroatoms. The van der Waals surface area contributed by atoms with Crippen LogP contribution < -0.4 is 15.2 Å². The lowest BCUT2D eigenvalue weighted by Crippen LogP contribution is -1.94. The number of methoxy groups -OCH3 is 2. The quantitative estimate of drug-likeness (QED) is 0.744. The van der Waals surface area contributed by atoms with E-state index in [1.807, 2.05) is 43.3 Å². The zero-order valence-electron chi connectivity index (χ0n) is 13.2. The van der Waals surface area contributed by atoms with E-state index in [9.17, 15) is 0 Å². The van der Waals surface area contributed by atoms with E-state index in [0.29, 0.717) is 34.5 Å². The lowest BCUT2D eigenvalue weighted by atomic mass is 10.1. The fraction of sp³-hybridized carbons (Fsp3) is 0.176. The van der Waals surface area contributed by atoms with E-state index < -0.39 is 0 Å². The molecule has 0 bridgehead atoms. The normalized spacial score (nSPS) is 10.6. The third-order valence-corrected chi connectivity index (χ3v) is 3.68. The molecule has 0 fully saturated rings. The van der Waals surface area contributed by atoms with Gasteiger partial charge in [-0.15, -0.1) is 0 Å². The molecule has 1 heterocycles. The molecule has 0 aliphatic rings. The van der Waals surface area contributed by atoms with E-state index in [0.717, 1.165) is 11.1 Å². The summed E-state index contributed by atoms with van der Waals surface area (Å²) in [5.74, 6) is 2.00. The van der Waals surface area contributed by atoms with Gasteiger partial charge >= 0.3 is 0 Å². The lowest BCUT2D eigenvalue weighted by Gasteiger charge is -2.09. The first kappa shape index (κ1) is 14.9. The van der Waals surface area contributed by atoms with Crippen molar-refractivity contribution >= 4 is 5.69 Å². The second-order valence-electron chi connectivity index (χ2n) is 4.98. The molecule has 118 valence electrons. The van der Waals surface area contributed by atoms with Gasteiger partial charge in [-0.2, -0.15) is 4.98 Å². The SMILES string of the molecule is COc1cccc(OC)c1-c1nc(-c2cccc(N)c2C)no1. The van der Waals surface area contributed by atoms with Gasteiger partial charge in [-0.25, -0.2) is 0 Å². The van der Waals surface area contributed by atoms with Crippen LogP contribution in [0.2, 0.25) is 0 Å². The molecule has 0 aliphatic heterocycles. The highest BCUT2D eigenvalue weighted by atomic mass is 16.5. The van der Waals surface area contributed by atoms with Crippen LogP contribution in [0.25, 0.3) is 22.8 Å². The molecular weight excluding hydrogens is 294 g/mol. The average Bonchev–Trinajstić information content (AvgIpc) is 3.05. The first-order valence-corrected chi connectivity index (χ1v) is 7.06. The van der Waals surface area contributed by atoms with Crippen molar-refractivity contribution in [3.63, 3.8) is 0 Å². The summed E-state index contributed by atoms with van der Waals surface area (Å²) in [4.78, 5) is 4.48. The molecule has 6 nitrogen and oxygen atoms in total. The number of benzene rings is 2. The summed E-state index contributed by atoms with van der Waals surface area (Å²) < 4.78 is 16.2. The summed E-state index contributed by atoms with van der Waals surface area (Å²) in [6.07, 6.45) is 0. The third kappa shape index (κ3) is 2.59. The van der Waals surface area contributed by atoms with E-state index in [-0.39, 0.29) is 0 Å². The Labute approximate surface area is 133 Å². The van der Waals surface area contributed by atoms with Gasteiger partial charge in [0.05, 0.1) is 14.2 Å². The standard InChI is InChI=1S/C17H17N3O3/c1-10-11(6-4-7-12(10)18)16-19-17(23-20-16)15-13(21-2)8-5-9-14(15)22-3/h4-9H,18H2,1-3H3. The Morgan fingerprint density at radius 3 is 2.30 bits per heavy atom. The number of aromatic nitrogens is 2. The van der Waals surface area contributed by atoms with Gasteiger partial charge < -0.3 is 19.7 Å². The molecule has 2 aromatic carbocycles. The summed E-state index contributed by atoms with van der Waals surface area (Å²) in [6.45, 7) is 1.92. The largest absolute Gasteiger partial charge is 0.496 e. The van der Waals surface area contributed by atoms with Crippen LogP contribution in [-0.4, -0.2) is 24.4 Å². The zero-order chi connectivity index (χ0) is 16.4. The summed E-state index contributed by atoms with van der Waals surface area (Å²) >= 11 is 0. The molecule has 3 aromatic rings. The number of nitrogen functional groups attached to an aromatic ring is 1. The summed E-state index contributed by atoms with van der Waals surface area (Å²) in [6, 6.07) is 11.1. The molecule has 0 saturated heterocycles. The van der Waals surface area contributed by atoms with Gasteiger partial charge in [-0.3, -0.25) is 0 Å². The van der Waals surface area contributed by atoms with Crippen LogP contribution >= 0.6 is 0 Å². The molecule has 1 aromatic heterocycles. The van der Waals surface area contributed by atoms with Crippen LogP contribution in [0.1, 0.15) is 5.56 Å². The average molecular weight is 311 g/mol. The van der Waals surface area contributed by atoms with E-state index in [2.05, 4.69) is 10.1 Å². The first-order chi connectivity index (χ1) is 11.2. The van der Waals surface area contributed by atoms with Crippen molar-refractivity contribution < 1.29 is 14.0 Å². The number of nitrogens with zero attached hydrogens (tertiary/aromatic N) is 2. The lowest BCUT2D eigenvalue weighted by molar-refractivity contribution is 0.386. The fourth-order valence-corrected chi connectivity index (χ4v) is 2.39. The number of anilines is 1. The maximum absolute atomic E-state index is 5.94. The van der Waals surface area contributed by atoms with Crippen LogP contribution in [0, 0.1) is 6.92 Å². The molecule has 0 aliphatic carbocycles. The minimum absolute atomic E-state index is 0.330. The molecule has 3 rings (SSSR count). The molecular formula is C17H17N3O3. The molecule has 0 saturated carbocycles. The molecule has 0 amide bonds. The van der Waals surface area contributed by atoms with E-state index in [1.54, 1.807) is 14.2 Å². The molecule has 0 unspecified atom stereocenters. The molecule has 0 atom stereocenters. The van der Waals surface area contributed by atoms with E-state index in [4.69, 9.17) is 19.7 Å². The van der Waals surface area contributed by atoms with Gasteiger partial charge in [0, 0.05) is 11.3 Å². The van der Waals surface area contributed by atoms with Crippen LogP contribution in [0.3, 0.4) is 0 Å². The van der Waals surface area contributed by atoms with Crippen LogP contribution in [0.4, 0.5) is 5.69 Å². The number of nitrogens with two attached hydrogens (primary N) is 1. The van der Waals surface area contributed by atoms with Crippen molar-refractivity contribution in [1.29, 1.82) is 0 Å². The molecule has 0 radical (unpaired) electrons. The predicted molar refractivity (Wildman–Crippen MR) is 87.4 cm³/mol.